The number of hydrogen-bond acceptors (Lipinski definition) is 3. The summed E-state index contributed by atoms with van der Waals surface area (Å²) in [6.45, 7) is 0.824. The molecular formula is C13H20IN3OS. The molecule has 3 heterocycles. The SMILES string of the molecule is CN=C(NCc1ccsc1)NC1CC2CCC1O2.I. The number of halogens is 1. The molecule has 106 valence electrons. The zero-order valence-corrected chi connectivity index (χ0v) is 14.1. The molecule has 2 saturated heterocycles. The summed E-state index contributed by atoms with van der Waals surface area (Å²) in [5, 5.41) is 11.1. The van der Waals surface area contributed by atoms with E-state index in [1.807, 2.05) is 7.05 Å². The first-order valence-electron chi connectivity index (χ1n) is 6.49. The molecule has 19 heavy (non-hydrogen) atoms. The van der Waals surface area contributed by atoms with Crippen molar-refractivity contribution < 1.29 is 4.74 Å². The van der Waals surface area contributed by atoms with E-state index in [1.54, 1.807) is 11.3 Å². The lowest BCUT2D eigenvalue weighted by atomic mass is 9.96. The largest absolute Gasteiger partial charge is 0.373 e. The number of thiophene rings is 1. The first-order valence-corrected chi connectivity index (χ1v) is 7.43. The van der Waals surface area contributed by atoms with E-state index in [0.29, 0.717) is 18.2 Å². The molecule has 0 saturated carbocycles. The Kier molecular flexibility index (Phi) is 5.47. The highest BCUT2D eigenvalue weighted by Crippen LogP contribution is 2.34. The Labute approximate surface area is 135 Å². The smallest absolute Gasteiger partial charge is 0.191 e. The monoisotopic (exact) mass is 393 g/mol. The summed E-state index contributed by atoms with van der Waals surface area (Å²) in [7, 11) is 1.82. The number of guanidine groups is 1. The standard InChI is InChI=1S/C13H19N3OS.HI/c1-14-13(15-7-9-4-5-18-8-9)16-11-6-10-2-3-12(11)17-10;/h4-5,8,10-12H,2-3,6-7H2,1H3,(H2,14,15,16);1H. The van der Waals surface area contributed by atoms with Crippen LogP contribution in [0.4, 0.5) is 0 Å². The Morgan fingerprint density at radius 1 is 1.53 bits per heavy atom. The third-order valence-electron chi connectivity index (χ3n) is 3.69. The van der Waals surface area contributed by atoms with Gasteiger partial charge in [-0.2, -0.15) is 11.3 Å². The molecule has 1 aromatic heterocycles. The Morgan fingerprint density at radius 3 is 3.00 bits per heavy atom. The van der Waals surface area contributed by atoms with Gasteiger partial charge in [-0.05, 0) is 41.7 Å². The van der Waals surface area contributed by atoms with Gasteiger partial charge in [0.15, 0.2) is 5.96 Å². The Bertz CT molecular complexity index is 424. The quantitative estimate of drug-likeness (QED) is 0.471. The van der Waals surface area contributed by atoms with Crippen LogP contribution < -0.4 is 10.6 Å². The summed E-state index contributed by atoms with van der Waals surface area (Å²) < 4.78 is 5.84. The highest BCUT2D eigenvalue weighted by molar-refractivity contribution is 14.0. The molecule has 3 atom stereocenters. The van der Waals surface area contributed by atoms with Gasteiger partial charge < -0.3 is 15.4 Å². The molecule has 2 bridgehead atoms. The van der Waals surface area contributed by atoms with Crippen molar-refractivity contribution in [3.63, 3.8) is 0 Å². The minimum absolute atomic E-state index is 0. The second-order valence-corrected chi connectivity index (χ2v) is 5.70. The third-order valence-corrected chi connectivity index (χ3v) is 4.42. The van der Waals surface area contributed by atoms with Gasteiger partial charge in [0.05, 0.1) is 18.2 Å². The predicted octanol–water partition coefficient (Wildman–Crippen LogP) is 2.35. The van der Waals surface area contributed by atoms with Gasteiger partial charge in [0, 0.05) is 13.6 Å². The molecule has 0 spiro atoms. The molecule has 3 rings (SSSR count). The number of nitrogens with one attached hydrogen (secondary N) is 2. The average Bonchev–Trinajstić information content (AvgIpc) is 3.10. The first kappa shape index (κ1) is 15.1. The second-order valence-electron chi connectivity index (χ2n) is 4.92. The van der Waals surface area contributed by atoms with Crippen molar-refractivity contribution in [3.8, 4) is 0 Å². The van der Waals surface area contributed by atoms with E-state index in [0.717, 1.165) is 18.9 Å². The second kappa shape index (κ2) is 6.90. The lowest BCUT2D eigenvalue weighted by Crippen LogP contribution is -2.47. The van der Waals surface area contributed by atoms with Crippen LogP contribution >= 0.6 is 35.3 Å². The maximum Gasteiger partial charge on any atom is 0.191 e. The number of ether oxygens (including phenoxy) is 1. The predicted molar refractivity (Wildman–Crippen MR) is 89.4 cm³/mol. The first-order chi connectivity index (χ1) is 8.85. The van der Waals surface area contributed by atoms with Gasteiger partial charge >= 0.3 is 0 Å². The van der Waals surface area contributed by atoms with Crippen LogP contribution in [0, 0.1) is 0 Å². The number of aliphatic imine (C=N–C) groups is 1. The van der Waals surface area contributed by atoms with E-state index in [1.165, 1.54) is 18.4 Å². The van der Waals surface area contributed by atoms with E-state index >= 15 is 0 Å². The summed E-state index contributed by atoms with van der Waals surface area (Å²) in [6.07, 6.45) is 4.38. The van der Waals surface area contributed by atoms with Crippen molar-refractivity contribution in [1.82, 2.24) is 10.6 Å². The van der Waals surface area contributed by atoms with Crippen molar-refractivity contribution in [2.45, 2.75) is 44.1 Å². The lowest BCUT2D eigenvalue weighted by molar-refractivity contribution is 0.0992. The van der Waals surface area contributed by atoms with Crippen LogP contribution in [0.3, 0.4) is 0 Å². The zero-order chi connectivity index (χ0) is 12.4. The Morgan fingerprint density at radius 2 is 2.42 bits per heavy atom. The topological polar surface area (TPSA) is 45.7 Å². The molecule has 2 N–H and O–H groups in total. The third kappa shape index (κ3) is 3.61. The molecule has 4 nitrogen and oxygen atoms in total. The normalized spacial score (nSPS) is 29.1. The molecular weight excluding hydrogens is 373 g/mol. The highest BCUT2D eigenvalue weighted by Gasteiger charge is 2.41. The zero-order valence-electron chi connectivity index (χ0n) is 11.0. The van der Waals surface area contributed by atoms with Crippen molar-refractivity contribution >= 4 is 41.3 Å². The van der Waals surface area contributed by atoms with Gasteiger partial charge in [0.2, 0.25) is 0 Å². The van der Waals surface area contributed by atoms with E-state index in [-0.39, 0.29) is 24.0 Å². The van der Waals surface area contributed by atoms with E-state index in [2.05, 4.69) is 32.5 Å². The molecule has 1 aromatic rings. The molecule has 0 aliphatic carbocycles. The van der Waals surface area contributed by atoms with Crippen LogP contribution in [-0.2, 0) is 11.3 Å². The number of nitrogens with zero attached hydrogens (tertiary/aromatic N) is 1. The highest BCUT2D eigenvalue weighted by atomic mass is 127. The van der Waals surface area contributed by atoms with Gasteiger partial charge in [-0.25, -0.2) is 0 Å². The molecule has 2 aliphatic heterocycles. The minimum Gasteiger partial charge on any atom is -0.373 e. The number of hydrogen-bond donors (Lipinski definition) is 2. The van der Waals surface area contributed by atoms with Gasteiger partial charge in [0.1, 0.15) is 0 Å². The molecule has 0 aromatic carbocycles. The summed E-state index contributed by atoms with van der Waals surface area (Å²) >= 11 is 1.72. The fraction of sp³-hybridized carbons (Fsp3) is 0.615. The fourth-order valence-corrected chi connectivity index (χ4v) is 3.41. The van der Waals surface area contributed by atoms with Crippen LogP contribution in [-0.4, -0.2) is 31.3 Å². The molecule has 2 fully saturated rings. The Balaban J connectivity index is 0.00000133. The maximum atomic E-state index is 5.84. The summed E-state index contributed by atoms with van der Waals surface area (Å²) in [4.78, 5) is 4.28. The molecule has 3 unspecified atom stereocenters. The van der Waals surface area contributed by atoms with E-state index in [9.17, 15) is 0 Å². The number of fused-ring (bicyclic) bond motifs is 2. The van der Waals surface area contributed by atoms with E-state index < -0.39 is 0 Å². The van der Waals surface area contributed by atoms with Gasteiger partial charge in [-0.3, -0.25) is 4.99 Å². The molecule has 0 amide bonds. The summed E-state index contributed by atoms with van der Waals surface area (Å²) in [5.74, 6) is 0.877. The van der Waals surface area contributed by atoms with Crippen molar-refractivity contribution in [2.75, 3.05) is 7.05 Å². The van der Waals surface area contributed by atoms with Crippen LogP contribution in [0.2, 0.25) is 0 Å². The van der Waals surface area contributed by atoms with Gasteiger partial charge in [-0.1, -0.05) is 0 Å². The van der Waals surface area contributed by atoms with Gasteiger partial charge in [0.25, 0.3) is 0 Å². The lowest BCUT2D eigenvalue weighted by Gasteiger charge is -2.22. The number of rotatable bonds is 3. The maximum absolute atomic E-state index is 5.84. The average molecular weight is 393 g/mol. The van der Waals surface area contributed by atoms with Crippen LogP contribution in [0.15, 0.2) is 21.8 Å². The molecule has 6 heteroatoms. The van der Waals surface area contributed by atoms with Crippen LogP contribution in [0.25, 0.3) is 0 Å². The van der Waals surface area contributed by atoms with Crippen LogP contribution in [0.1, 0.15) is 24.8 Å². The van der Waals surface area contributed by atoms with Gasteiger partial charge in [-0.15, -0.1) is 24.0 Å². The minimum atomic E-state index is 0. The van der Waals surface area contributed by atoms with Crippen molar-refractivity contribution in [3.05, 3.63) is 22.4 Å². The molecule has 2 aliphatic rings. The summed E-state index contributed by atoms with van der Waals surface area (Å²) in [6, 6.07) is 2.56. The van der Waals surface area contributed by atoms with Crippen molar-refractivity contribution in [1.29, 1.82) is 0 Å². The molecule has 0 radical (unpaired) electrons. The van der Waals surface area contributed by atoms with Crippen molar-refractivity contribution in [2.24, 2.45) is 4.99 Å². The Hall–Kier alpha value is -0.340. The fourth-order valence-electron chi connectivity index (χ4n) is 2.74. The van der Waals surface area contributed by atoms with Crippen LogP contribution in [0.5, 0.6) is 0 Å². The van der Waals surface area contributed by atoms with E-state index in [4.69, 9.17) is 4.74 Å². The summed E-state index contributed by atoms with van der Waals surface area (Å²) in [5.41, 5.74) is 1.30.